The summed E-state index contributed by atoms with van der Waals surface area (Å²) < 4.78 is 3.90. The number of hydrogen-bond donors (Lipinski definition) is 1. The van der Waals surface area contributed by atoms with Crippen LogP contribution in [0.2, 0.25) is 0 Å². The lowest BCUT2D eigenvalue weighted by molar-refractivity contribution is 0.612. The topological polar surface area (TPSA) is 47.7 Å². The van der Waals surface area contributed by atoms with Crippen molar-refractivity contribution >= 4 is 0 Å². The summed E-state index contributed by atoms with van der Waals surface area (Å²) in [6.45, 7) is 2.07. The summed E-state index contributed by atoms with van der Waals surface area (Å²) in [7, 11) is 5.88. The van der Waals surface area contributed by atoms with Crippen LogP contribution in [0.4, 0.5) is 0 Å². The minimum atomic E-state index is 0.0914. The fraction of sp³-hybridized carbons (Fsp3) is 0.455. The molecule has 0 aliphatic heterocycles. The van der Waals surface area contributed by atoms with E-state index in [4.69, 9.17) is 0 Å². The van der Waals surface area contributed by atoms with Gasteiger partial charge >= 0.3 is 0 Å². The Bertz CT molecular complexity index is 482. The van der Waals surface area contributed by atoms with E-state index in [1.807, 2.05) is 49.0 Å². The maximum Gasteiger partial charge on any atom is 0.130 e. The lowest BCUT2D eigenvalue weighted by Crippen LogP contribution is -2.21. The zero-order chi connectivity index (χ0) is 11.7. The number of aryl methyl sites for hydroxylation is 2. The van der Waals surface area contributed by atoms with Gasteiger partial charge in [-0.25, -0.2) is 4.98 Å². The summed E-state index contributed by atoms with van der Waals surface area (Å²) in [5, 5.41) is 7.54. The molecule has 0 radical (unpaired) electrons. The fourth-order valence-electron chi connectivity index (χ4n) is 1.88. The molecule has 0 fully saturated rings. The third kappa shape index (κ3) is 1.63. The fourth-order valence-corrected chi connectivity index (χ4v) is 1.88. The molecule has 86 valence electrons. The number of nitrogens with one attached hydrogen (secondary N) is 1. The Labute approximate surface area is 95.1 Å². The highest BCUT2D eigenvalue weighted by molar-refractivity contribution is 5.26. The predicted octanol–water partition coefficient (Wildman–Crippen LogP) is 0.771. The van der Waals surface area contributed by atoms with Crippen molar-refractivity contribution in [2.24, 2.45) is 14.1 Å². The Morgan fingerprint density at radius 2 is 2.12 bits per heavy atom. The Morgan fingerprint density at radius 1 is 1.38 bits per heavy atom. The van der Waals surface area contributed by atoms with Crippen LogP contribution >= 0.6 is 0 Å². The first-order chi connectivity index (χ1) is 7.65. The molecule has 2 rings (SSSR count). The van der Waals surface area contributed by atoms with Crippen LogP contribution in [0.3, 0.4) is 0 Å². The minimum absolute atomic E-state index is 0.0914. The largest absolute Gasteiger partial charge is 0.336 e. The molecular weight excluding hydrogens is 202 g/mol. The van der Waals surface area contributed by atoms with Gasteiger partial charge in [0.1, 0.15) is 5.82 Å². The molecule has 0 aliphatic carbocycles. The van der Waals surface area contributed by atoms with Gasteiger partial charge in [-0.05, 0) is 14.0 Å². The van der Waals surface area contributed by atoms with Gasteiger partial charge in [-0.15, -0.1) is 0 Å². The van der Waals surface area contributed by atoms with Crippen LogP contribution in [0, 0.1) is 6.92 Å². The molecule has 2 aromatic rings. The van der Waals surface area contributed by atoms with Crippen molar-refractivity contribution in [3.05, 3.63) is 35.7 Å². The number of aromatic nitrogens is 4. The molecule has 5 heteroatoms. The maximum atomic E-state index is 4.38. The molecular formula is C11H17N5. The van der Waals surface area contributed by atoms with Gasteiger partial charge in [0.2, 0.25) is 0 Å². The summed E-state index contributed by atoms with van der Waals surface area (Å²) in [5.74, 6) is 0.999. The number of nitrogens with zero attached hydrogens (tertiary/aromatic N) is 4. The molecule has 2 aromatic heterocycles. The summed E-state index contributed by atoms with van der Waals surface area (Å²) >= 11 is 0. The summed E-state index contributed by atoms with van der Waals surface area (Å²) in [4.78, 5) is 4.38. The standard InChI is InChI=1S/C11H17N5/c1-8-9(7-14-16(8)4)10(12-2)11-13-5-6-15(11)3/h5-7,10,12H,1-4H3. The van der Waals surface area contributed by atoms with Gasteiger partial charge in [0.05, 0.1) is 12.2 Å². The second-order valence-corrected chi connectivity index (χ2v) is 3.93. The van der Waals surface area contributed by atoms with E-state index >= 15 is 0 Å². The van der Waals surface area contributed by atoms with Crippen LogP contribution in [-0.2, 0) is 14.1 Å². The van der Waals surface area contributed by atoms with Crippen molar-refractivity contribution in [2.45, 2.75) is 13.0 Å². The SMILES string of the molecule is CNC(c1cnn(C)c1C)c1nccn1C. The van der Waals surface area contributed by atoms with E-state index in [2.05, 4.69) is 22.3 Å². The molecule has 2 heterocycles. The van der Waals surface area contributed by atoms with Crippen LogP contribution in [0.5, 0.6) is 0 Å². The van der Waals surface area contributed by atoms with Crippen molar-refractivity contribution in [1.82, 2.24) is 24.6 Å². The lowest BCUT2D eigenvalue weighted by Gasteiger charge is -2.15. The van der Waals surface area contributed by atoms with E-state index in [0.29, 0.717) is 0 Å². The van der Waals surface area contributed by atoms with Crippen LogP contribution in [0.15, 0.2) is 18.6 Å². The first kappa shape index (κ1) is 10.9. The number of imidazole rings is 1. The predicted molar refractivity (Wildman–Crippen MR) is 62.1 cm³/mol. The summed E-state index contributed by atoms with van der Waals surface area (Å²) in [5.41, 5.74) is 2.32. The molecule has 16 heavy (non-hydrogen) atoms. The Balaban J connectivity index is 2.45. The van der Waals surface area contributed by atoms with Crippen LogP contribution < -0.4 is 5.32 Å². The third-order valence-electron chi connectivity index (χ3n) is 2.99. The second kappa shape index (κ2) is 4.09. The first-order valence-electron chi connectivity index (χ1n) is 5.28. The Kier molecular flexibility index (Phi) is 2.78. The van der Waals surface area contributed by atoms with Crippen molar-refractivity contribution < 1.29 is 0 Å². The van der Waals surface area contributed by atoms with Gasteiger partial charge in [-0.2, -0.15) is 5.10 Å². The van der Waals surface area contributed by atoms with E-state index in [1.54, 1.807) is 0 Å². The lowest BCUT2D eigenvalue weighted by atomic mass is 10.1. The zero-order valence-corrected chi connectivity index (χ0v) is 10.1. The smallest absolute Gasteiger partial charge is 0.130 e. The molecule has 0 saturated heterocycles. The van der Waals surface area contributed by atoms with Gasteiger partial charge in [0, 0.05) is 37.7 Å². The van der Waals surface area contributed by atoms with E-state index in [-0.39, 0.29) is 6.04 Å². The van der Waals surface area contributed by atoms with Gasteiger partial charge in [-0.3, -0.25) is 4.68 Å². The molecule has 0 aliphatic rings. The first-order valence-corrected chi connectivity index (χ1v) is 5.28. The third-order valence-corrected chi connectivity index (χ3v) is 2.99. The van der Waals surface area contributed by atoms with E-state index in [1.165, 1.54) is 5.56 Å². The molecule has 5 nitrogen and oxygen atoms in total. The van der Waals surface area contributed by atoms with Gasteiger partial charge < -0.3 is 9.88 Å². The molecule has 0 amide bonds. The van der Waals surface area contributed by atoms with Gasteiger partial charge in [-0.1, -0.05) is 0 Å². The Morgan fingerprint density at radius 3 is 2.56 bits per heavy atom. The van der Waals surface area contributed by atoms with Crippen molar-refractivity contribution in [2.75, 3.05) is 7.05 Å². The second-order valence-electron chi connectivity index (χ2n) is 3.93. The maximum absolute atomic E-state index is 4.38. The molecule has 0 aromatic carbocycles. The van der Waals surface area contributed by atoms with Crippen molar-refractivity contribution in [1.29, 1.82) is 0 Å². The van der Waals surface area contributed by atoms with Crippen LogP contribution in [-0.4, -0.2) is 26.4 Å². The highest BCUT2D eigenvalue weighted by Crippen LogP contribution is 2.22. The van der Waals surface area contributed by atoms with E-state index in [9.17, 15) is 0 Å². The molecule has 0 bridgehead atoms. The van der Waals surface area contributed by atoms with Crippen LogP contribution in [0.25, 0.3) is 0 Å². The van der Waals surface area contributed by atoms with Gasteiger partial charge in [0.25, 0.3) is 0 Å². The summed E-state index contributed by atoms with van der Waals surface area (Å²) in [6, 6.07) is 0.0914. The van der Waals surface area contributed by atoms with Crippen molar-refractivity contribution in [3.63, 3.8) is 0 Å². The molecule has 1 unspecified atom stereocenters. The van der Waals surface area contributed by atoms with E-state index in [0.717, 1.165) is 11.5 Å². The quantitative estimate of drug-likeness (QED) is 0.829. The molecule has 1 N–H and O–H groups in total. The Hall–Kier alpha value is -1.62. The number of hydrogen-bond acceptors (Lipinski definition) is 3. The average molecular weight is 219 g/mol. The number of rotatable bonds is 3. The normalized spacial score (nSPS) is 13.0. The molecule has 1 atom stereocenters. The summed E-state index contributed by atoms with van der Waals surface area (Å²) in [6.07, 6.45) is 5.65. The zero-order valence-electron chi connectivity index (χ0n) is 10.1. The minimum Gasteiger partial charge on any atom is -0.336 e. The monoisotopic (exact) mass is 219 g/mol. The van der Waals surface area contributed by atoms with Crippen LogP contribution in [0.1, 0.15) is 23.1 Å². The van der Waals surface area contributed by atoms with Gasteiger partial charge in [0.15, 0.2) is 0 Å². The highest BCUT2D eigenvalue weighted by atomic mass is 15.3. The average Bonchev–Trinajstić information content (AvgIpc) is 2.81. The highest BCUT2D eigenvalue weighted by Gasteiger charge is 2.20. The molecule has 0 saturated carbocycles. The van der Waals surface area contributed by atoms with E-state index < -0.39 is 0 Å². The molecule has 0 spiro atoms. The van der Waals surface area contributed by atoms with Crippen molar-refractivity contribution in [3.8, 4) is 0 Å².